The zero-order chi connectivity index (χ0) is 18.1. The van der Waals surface area contributed by atoms with Crippen molar-refractivity contribution < 1.29 is 9.53 Å². The van der Waals surface area contributed by atoms with Gasteiger partial charge in [-0.05, 0) is 43.9 Å². The fraction of sp³-hybridized carbons (Fsp3) is 0.474. The molecule has 0 bridgehead atoms. The second kappa shape index (κ2) is 7.85. The highest BCUT2D eigenvalue weighted by atomic mass is 35.5. The number of hydrogen-bond acceptors (Lipinski definition) is 4. The maximum atomic E-state index is 13.0. The van der Waals surface area contributed by atoms with Gasteiger partial charge in [-0.3, -0.25) is 9.69 Å². The minimum absolute atomic E-state index is 0.102. The van der Waals surface area contributed by atoms with Crippen molar-refractivity contribution in [3.05, 3.63) is 33.6 Å². The zero-order valence-corrected chi connectivity index (χ0v) is 16.6. The Morgan fingerprint density at radius 2 is 2.12 bits per heavy atom. The molecule has 2 heterocycles. The van der Waals surface area contributed by atoms with Crippen molar-refractivity contribution in [3.63, 3.8) is 0 Å². The number of carbonyl (C=O) groups is 1. The normalized spacial score (nSPS) is 20.2. The van der Waals surface area contributed by atoms with Crippen molar-refractivity contribution >= 4 is 45.6 Å². The molecule has 0 unspecified atom stereocenters. The Morgan fingerprint density at radius 1 is 1.27 bits per heavy atom. The van der Waals surface area contributed by atoms with Crippen LogP contribution in [0.25, 0.3) is 11.3 Å². The van der Waals surface area contributed by atoms with Gasteiger partial charge in [-0.2, -0.15) is 0 Å². The van der Waals surface area contributed by atoms with Crippen LogP contribution in [-0.4, -0.2) is 30.1 Å². The molecule has 1 aromatic carbocycles. The molecule has 1 atom stereocenters. The van der Waals surface area contributed by atoms with E-state index in [9.17, 15) is 4.79 Å². The van der Waals surface area contributed by atoms with Gasteiger partial charge < -0.3 is 4.74 Å². The molecule has 1 aliphatic heterocycles. The van der Waals surface area contributed by atoms with Crippen molar-refractivity contribution in [1.29, 1.82) is 0 Å². The summed E-state index contributed by atoms with van der Waals surface area (Å²) in [5, 5.41) is 3.82. The van der Waals surface area contributed by atoms with Gasteiger partial charge in [0.05, 0.1) is 23.4 Å². The van der Waals surface area contributed by atoms with Crippen molar-refractivity contribution in [3.8, 4) is 11.3 Å². The van der Waals surface area contributed by atoms with E-state index in [0.29, 0.717) is 16.6 Å². The highest BCUT2D eigenvalue weighted by Crippen LogP contribution is 2.36. The minimum Gasteiger partial charge on any atom is -0.376 e. The van der Waals surface area contributed by atoms with E-state index in [2.05, 4.69) is 0 Å². The summed E-state index contributed by atoms with van der Waals surface area (Å²) >= 11 is 13.8. The number of aromatic nitrogens is 1. The van der Waals surface area contributed by atoms with E-state index in [1.54, 1.807) is 12.1 Å². The third-order valence-electron chi connectivity index (χ3n) is 5.06. The van der Waals surface area contributed by atoms with Gasteiger partial charge in [-0.25, -0.2) is 4.98 Å². The topological polar surface area (TPSA) is 42.4 Å². The molecule has 4 rings (SSSR count). The van der Waals surface area contributed by atoms with E-state index in [4.69, 9.17) is 32.9 Å². The van der Waals surface area contributed by atoms with Crippen molar-refractivity contribution in [2.45, 2.75) is 38.2 Å². The van der Waals surface area contributed by atoms with E-state index >= 15 is 0 Å². The first-order valence-corrected chi connectivity index (χ1v) is 10.6. The first-order chi connectivity index (χ1) is 12.6. The number of hydrogen-bond donors (Lipinski definition) is 0. The number of amides is 1. The lowest BCUT2D eigenvalue weighted by atomic mass is 9.84. The largest absolute Gasteiger partial charge is 0.376 e. The summed E-state index contributed by atoms with van der Waals surface area (Å²) in [5.41, 5.74) is 1.59. The van der Waals surface area contributed by atoms with Crippen LogP contribution < -0.4 is 4.90 Å². The Bertz CT molecular complexity index is 801. The van der Waals surface area contributed by atoms with E-state index < -0.39 is 0 Å². The number of thiazole rings is 1. The summed E-state index contributed by atoms with van der Waals surface area (Å²) in [4.78, 5) is 19.5. The Hall–Kier alpha value is -1.14. The summed E-state index contributed by atoms with van der Waals surface area (Å²) in [7, 11) is 0. The van der Waals surface area contributed by atoms with Crippen LogP contribution in [0.5, 0.6) is 0 Å². The van der Waals surface area contributed by atoms with Crippen LogP contribution in [0.4, 0.5) is 5.13 Å². The van der Waals surface area contributed by atoms with Gasteiger partial charge in [-0.15, -0.1) is 11.3 Å². The molecule has 1 aliphatic carbocycles. The SMILES string of the molecule is O=C(C1CCC1)N(C[C@H]1CCCO1)c1nc(-c2ccc(Cl)cc2Cl)cs1. The molecular weight excluding hydrogens is 391 g/mol. The summed E-state index contributed by atoms with van der Waals surface area (Å²) in [6.45, 7) is 1.36. The molecule has 2 fully saturated rings. The molecule has 1 amide bonds. The van der Waals surface area contributed by atoms with Gasteiger partial charge in [0.25, 0.3) is 0 Å². The van der Waals surface area contributed by atoms with Gasteiger partial charge in [0.1, 0.15) is 0 Å². The number of rotatable bonds is 5. The number of halogens is 2. The first kappa shape index (κ1) is 18.2. The van der Waals surface area contributed by atoms with E-state index in [1.165, 1.54) is 11.3 Å². The average Bonchev–Trinajstić information content (AvgIpc) is 3.22. The lowest BCUT2D eigenvalue weighted by Crippen LogP contribution is -2.43. The fourth-order valence-electron chi connectivity index (χ4n) is 3.34. The minimum atomic E-state index is 0.102. The van der Waals surface area contributed by atoms with Crippen LogP contribution in [0.15, 0.2) is 23.6 Å². The number of nitrogens with zero attached hydrogens (tertiary/aromatic N) is 2. The molecule has 0 radical (unpaired) electrons. The number of benzene rings is 1. The quantitative estimate of drug-likeness (QED) is 0.659. The highest BCUT2D eigenvalue weighted by molar-refractivity contribution is 7.14. The Morgan fingerprint density at radius 3 is 2.77 bits per heavy atom. The molecular formula is C19H20Cl2N2O2S. The standard InChI is InChI=1S/C19H20Cl2N2O2S/c20-13-6-7-15(16(21)9-13)17-11-26-19(22-17)23(10-14-5-2-8-25-14)18(24)12-3-1-4-12/h6-7,9,11-12,14H,1-5,8,10H2/t14-/m1/s1. The van der Waals surface area contributed by atoms with Crippen molar-refractivity contribution in [1.82, 2.24) is 4.98 Å². The Labute approximate surface area is 167 Å². The van der Waals surface area contributed by atoms with Gasteiger partial charge in [0.2, 0.25) is 5.91 Å². The van der Waals surface area contributed by atoms with Crippen LogP contribution in [0.3, 0.4) is 0 Å². The predicted molar refractivity (Wildman–Crippen MR) is 106 cm³/mol. The molecule has 7 heteroatoms. The summed E-state index contributed by atoms with van der Waals surface area (Å²) in [6.07, 6.45) is 5.23. The molecule has 0 spiro atoms. The van der Waals surface area contributed by atoms with Crippen LogP contribution >= 0.6 is 34.5 Å². The third kappa shape index (κ3) is 3.77. The van der Waals surface area contributed by atoms with Crippen LogP contribution in [-0.2, 0) is 9.53 Å². The van der Waals surface area contributed by atoms with Gasteiger partial charge in [0, 0.05) is 28.5 Å². The predicted octanol–water partition coefficient (Wildman–Crippen LogP) is 5.43. The fourth-order valence-corrected chi connectivity index (χ4v) is 4.68. The molecule has 1 saturated heterocycles. The van der Waals surface area contributed by atoms with Crippen LogP contribution in [0, 0.1) is 5.92 Å². The molecule has 1 aromatic heterocycles. The molecule has 138 valence electrons. The summed E-state index contributed by atoms with van der Waals surface area (Å²) < 4.78 is 5.76. The molecule has 0 N–H and O–H groups in total. The zero-order valence-electron chi connectivity index (χ0n) is 14.3. The molecule has 26 heavy (non-hydrogen) atoms. The van der Waals surface area contributed by atoms with E-state index in [1.807, 2.05) is 16.3 Å². The maximum absolute atomic E-state index is 13.0. The highest BCUT2D eigenvalue weighted by Gasteiger charge is 2.33. The van der Waals surface area contributed by atoms with E-state index in [0.717, 1.165) is 55.1 Å². The molecule has 1 saturated carbocycles. The number of carbonyl (C=O) groups excluding carboxylic acids is 1. The van der Waals surface area contributed by atoms with Gasteiger partial charge in [-0.1, -0.05) is 29.6 Å². The maximum Gasteiger partial charge on any atom is 0.231 e. The lowest BCUT2D eigenvalue weighted by molar-refractivity contribution is -0.125. The van der Waals surface area contributed by atoms with Gasteiger partial charge >= 0.3 is 0 Å². The third-order valence-corrected chi connectivity index (χ3v) is 6.47. The monoisotopic (exact) mass is 410 g/mol. The Kier molecular flexibility index (Phi) is 5.50. The molecule has 4 nitrogen and oxygen atoms in total. The van der Waals surface area contributed by atoms with Crippen molar-refractivity contribution in [2.75, 3.05) is 18.1 Å². The number of anilines is 1. The van der Waals surface area contributed by atoms with Gasteiger partial charge in [0.15, 0.2) is 5.13 Å². The molecule has 2 aromatic rings. The first-order valence-electron chi connectivity index (χ1n) is 8.96. The van der Waals surface area contributed by atoms with Crippen LogP contribution in [0.2, 0.25) is 10.0 Å². The van der Waals surface area contributed by atoms with Crippen LogP contribution in [0.1, 0.15) is 32.1 Å². The van der Waals surface area contributed by atoms with E-state index in [-0.39, 0.29) is 17.9 Å². The molecule has 2 aliphatic rings. The summed E-state index contributed by atoms with van der Waals surface area (Å²) in [6, 6.07) is 5.37. The second-order valence-corrected chi connectivity index (χ2v) is 8.53. The lowest BCUT2D eigenvalue weighted by Gasteiger charge is -2.31. The Balaban J connectivity index is 1.60. The van der Waals surface area contributed by atoms with Crippen molar-refractivity contribution in [2.24, 2.45) is 5.92 Å². The summed E-state index contributed by atoms with van der Waals surface area (Å²) in [5.74, 6) is 0.303. The number of ether oxygens (including phenoxy) is 1. The smallest absolute Gasteiger partial charge is 0.231 e. The average molecular weight is 411 g/mol. The second-order valence-electron chi connectivity index (χ2n) is 6.85.